The van der Waals surface area contributed by atoms with E-state index in [2.05, 4.69) is 4.90 Å². The summed E-state index contributed by atoms with van der Waals surface area (Å²) in [5.74, 6) is 0. The Labute approximate surface area is 131 Å². The predicted molar refractivity (Wildman–Crippen MR) is 82.4 cm³/mol. The van der Waals surface area contributed by atoms with Crippen LogP contribution in [0.3, 0.4) is 0 Å². The number of halogens is 3. The Hall–Kier alpha value is -1.11. The molecule has 2 nitrogen and oxygen atoms in total. The first kappa shape index (κ1) is 15.8. The first-order chi connectivity index (χ1) is 10.5. The van der Waals surface area contributed by atoms with E-state index >= 15 is 0 Å². The lowest BCUT2D eigenvalue weighted by Crippen LogP contribution is -2.36. The summed E-state index contributed by atoms with van der Waals surface area (Å²) in [5.41, 5.74) is -0.572. The average molecular weight is 329 g/mol. The molecule has 22 heavy (non-hydrogen) atoms. The second-order valence-corrected chi connectivity index (χ2v) is 6.69. The molecular formula is C16H18F3NOS. The summed E-state index contributed by atoms with van der Waals surface area (Å²) >= 11 is 1.59. The molecule has 2 aromatic rings. The summed E-state index contributed by atoms with van der Waals surface area (Å²) in [6, 6.07) is 5.89. The van der Waals surface area contributed by atoms with Crippen LogP contribution in [0.1, 0.15) is 16.9 Å². The van der Waals surface area contributed by atoms with E-state index in [4.69, 9.17) is 4.74 Å². The van der Waals surface area contributed by atoms with Crippen LogP contribution < -0.4 is 0 Å². The van der Waals surface area contributed by atoms with E-state index in [1.807, 2.05) is 6.07 Å². The van der Waals surface area contributed by atoms with Crippen molar-refractivity contribution in [2.75, 3.05) is 32.8 Å². The summed E-state index contributed by atoms with van der Waals surface area (Å²) < 4.78 is 44.4. The van der Waals surface area contributed by atoms with Gasteiger partial charge in [-0.3, -0.25) is 4.90 Å². The lowest BCUT2D eigenvalue weighted by atomic mass is 10.1. The number of alkyl halides is 3. The zero-order valence-electron chi connectivity index (χ0n) is 12.2. The van der Waals surface area contributed by atoms with Gasteiger partial charge in [0.15, 0.2) is 0 Å². The summed E-state index contributed by atoms with van der Waals surface area (Å²) in [6.07, 6.45) is -2.33. The highest BCUT2D eigenvalue weighted by Crippen LogP contribution is 2.34. The Morgan fingerprint density at radius 1 is 1.14 bits per heavy atom. The molecule has 1 aromatic carbocycles. The molecule has 0 unspecified atom stereocenters. The Kier molecular flexibility index (Phi) is 4.70. The van der Waals surface area contributed by atoms with Crippen LogP contribution >= 0.6 is 11.3 Å². The van der Waals surface area contributed by atoms with Crippen molar-refractivity contribution in [1.82, 2.24) is 4.90 Å². The lowest BCUT2D eigenvalue weighted by Gasteiger charge is -2.26. The van der Waals surface area contributed by atoms with Gasteiger partial charge in [0, 0.05) is 22.7 Å². The molecule has 0 spiro atoms. The van der Waals surface area contributed by atoms with Gasteiger partial charge in [-0.2, -0.15) is 13.2 Å². The SMILES string of the molecule is FC(F)(F)c1ccc2sc(CCCN3CCOCC3)cc2c1. The van der Waals surface area contributed by atoms with Gasteiger partial charge in [-0.15, -0.1) is 11.3 Å². The van der Waals surface area contributed by atoms with Gasteiger partial charge in [0.2, 0.25) is 0 Å². The number of rotatable bonds is 4. The third kappa shape index (κ3) is 3.80. The minimum absolute atomic E-state index is 0.572. The number of morpholine rings is 1. The number of hydrogen-bond acceptors (Lipinski definition) is 3. The smallest absolute Gasteiger partial charge is 0.379 e. The Morgan fingerprint density at radius 2 is 1.91 bits per heavy atom. The van der Waals surface area contributed by atoms with E-state index in [1.165, 1.54) is 6.07 Å². The average Bonchev–Trinajstić information content (AvgIpc) is 2.89. The van der Waals surface area contributed by atoms with Crippen LogP contribution in [0.25, 0.3) is 10.1 Å². The molecule has 0 bridgehead atoms. The number of thiophene rings is 1. The standard InChI is InChI=1S/C16H18F3NOS/c17-16(18,19)13-3-4-15-12(10-13)11-14(22-15)2-1-5-20-6-8-21-9-7-20/h3-4,10-11H,1-2,5-9H2. The summed E-state index contributed by atoms with van der Waals surface area (Å²) in [5, 5.41) is 0.696. The van der Waals surface area contributed by atoms with E-state index in [0.717, 1.165) is 61.3 Å². The first-order valence-electron chi connectivity index (χ1n) is 7.42. The lowest BCUT2D eigenvalue weighted by molar-refractivity contribution is -0.137. The number of benzene rings is 1. The number of ether oxygens (including phenoxy) is 1. The van der Waals surface area contributed by atoms with Crippen LogP contribution in [0.5, 0.6) is 0 Å². The van der Waals surface area contributed by atoms with Gasteiger partial charge in [0.05, 0.1) is 18.8 Å². The second kappa shape index (κ2) is 6.56. The minimum atomic E-state index is -4.27. The molecule has 1 fully saturated rings. The van der Waals surface area contributed by atoms with Gasteiger partial charge in [-0.25, -0.2) is 0 Å². The van der Waals surface area contributed by atoms with Gasteiger partial charge in [0.1, 0.15) is 0 Å². The molecule has 0 radical (unpaired) electrons. The highest BCUT2D eigenvalue weighted by molar-refractivity contribution is 7.19. The third-order valence-corrected chi connectivity index (χ3v) is 5.07. The fourth-order valence-corrected chi connectivity index (χ4v) is 3.79. The quantitative estimate of drug-likeness (QED) is 0.834. The maximum absolute atomic E-state index is 12.7. The van der Waals surface area contributed by atoms with Crippen molar-refractivity contribution in [1.29, 1.82) is 0 Å². The number of hydrogen-bond donors (Lipinski definition) is 0. The van der Waals surface area contributed by atoms with Gasteiger partial charge >= 0.3 is 6.18 Å². The molecule has 1 saturated heterocycles. The van der Waals surface area contributed by atoms with Crippen molar-refractivity contribution in [3.8, 4) is 0 Å². The molecule has 0 atom stereocenters. The fourth-order valence-electron chi connectivity index (χ4n) is 2.70. The largest absolute Gasteiger partial charge is 0.416 e. The zero-order chi connectivity index (χ0) is 15.6. The van der Waals surface area contributed by atoms with E-state index in [0.29, 0.717) is 5.39 Å². The number of fused-ring (bicyclic) bond motifs is 1. The third-order valence-electron chi connectivity index (χ3n) is 3.90. The van der Waals surface area contributed by atoms with E-state index < -0.39 is 11.7 Å². The molecular weight excluding hydrogens is 311 g/mol. The molecule has 0 aliphatic carbocycles. The van der Waals surface area contributed by atoms with E-state index in [9.17, 15) is 13.2 Å². The molecule has 120 valence electrons. The van der Waals surface area contributed by atoms with Crippen molar-refractivity contribution < 1.29 is 17.9 Å². The second-order valence-electron chi connectivity index (χ2n) is 5.52. The Morgan fingerprint density at radius 3 is 2.64 bits per heavy atom. The van der Waals surface area contributed by atoms with Gasteiger partial charge in [0.25, 0.3) is 0 Å². The summed E-state index contributed by atoms with van der Waals surface area (Å²) in [6.45, 7) is 4.56. The molecule has 3 rings (SSSR count). The van der Waals surface area contributed by atoms with Crippen LogP contribution in [0.15, 0.2) is 24.3 Å². The summed E-state index contributed by atoms with van der Waals surface area (Å²) in [7, 11) is 0. The maximum Gasteiger partial charge on any atom is 0.416 e. The molecule has 1 aliphatic rings. The van der Waals surface area contributed by atoms with Crippen molar-refractivity contribution >= 4 is 21.4 Å². The van der Waals surface area contributed by atoms with E-state index in [1.54, 1.807) is 17.4 Å². The van der Waals surface area contributed by atoms with Gasteiger partial charge < -0.3 is 4.74 Å². The molecule has 0 amide bonds. The van der Waals surface area contributed by atoms with Crippen LogP contribution in [-0.2, 0) is 17.3 Å². The van der Waals surface area contributed by atoms with Crippen molar-refractivity contribution in [3.63, 3.8) is 0 Å². The first-order valence-corrected chi connectivity index (χ1v) is 8.24. The molecule has 0 N–H and O–H groups in total. The highest BCUT2D eigenvalue weighted by atomic mass is 32.1. The van der Waals surface area contributed by atoms with Crippen molar-refractivity contribution in [2.45, 2.75) is 19.0 Å². The monoisotopic (exact) mass is 329 g/mol. The van der Waals surface area contributed by atoms with E-state index in [-0.39, 0.29) is 0 Å². The van der Waals surface area contributed by atoms with Crippen LogP contribution in [0.4, 0.5) is 13.2 Å². The Balaban J connectivity index is 1.62. The van der Waals surface area contributed by atoms with Crippen molar-refractivity contribution in [2.24, 2.45) is 0 Å². The van der Waals surface area contributed by atoms with Crippen LogP contribution in [-0.4, -0.2) is 37.7 Å². The molecule has 0 saturated carbocycles. The minimum Gasteiger partial charge on any atom is -0.379 e. The van der Waals surface area contributed by atoms with Crippen molar-refractivity contribution in [3.05, 3.63) is 34.7 Å². The normalized spacial score (nSPS) is 17.2. The maximum atomic E-state index is 12.7. The van der Waals surface area contributed by atoms with Gasteiger partial charge in [-0.1, -0.05) is 0 Å². The highest BCUT2D eigenvalue weighted by Gasteiger charge is 2.30. The summed E-state index contributed by atoms with van der Waals surface area (Å²) in [4.78, 5) is 3.53. The predicted octanol–water partition coefficient (Wildman–Crippen LogP) is 4.18. The van der Waals surface area contributed by atoms with Crippen LogP contribution in [0.2, 0.25) is 0 Å². The number of aryl methyl sites for hydroxylation is 1. The zero-order valence-corrected chi connectivity index (χ0v) is 13.0. The molecule has 1 aliphatic heterocycles. The molecule has 1 aromatic heterocycles. The molecule has 2 heterocycles. The van der Waals surface area contributed by atoms with Crippen LogP contribution in [0, 0.1) is 0 Å². The van der Waals surface area contributed by atoms with Gasteiger partial charge in [-0.05, 0) is 49.0 Å². The topological polar surface area (TPSA) is 12.5 Å². The fraction of sp³-hybridized carbons (Fsp3) is 0.500. The molecule has 6 heteroatoms. The Bertz CT molecular complexity index is 632. The number of nitrogens with zero attached hydrogens (tertiary/aromatic N) is 1.